The first-order chi connectivity index (χ1) is 14.0. The van der Waals surface area contributed by atoms with Crippen molar-refractivity contribution in [1.29, 1.82) is 0 Å². The first-order valence-electron chi connectivity index (χ1n) is 12.4. The molecular weight excluding hydrogens is 390 g/mol. The SMILES string of the molecule is CO/N=C(\C)C1(O[Si](C)(C)C)CCC2C3CCC4CC(O)CCC4(C)C3CCC21C. The Hall–Kier alpha value is -0.393. The van der Waals surface area contributed by atoms with Gasteiger partial charge in [0.15, 0.2) is 8.32 Å². The molecule has 0 aliphatic heterocycles. The molecule has 4 nitrogen and oxygen atoms in total. The summed E-state index contributed by atoms with van der Waals surface area (Å²) in [6.45, 7) is 14.2. The number of nitrogens with zero attached hydrogens (tertiary/aromatic N) is 1. The van der Waals surface area contributed by atoms with Crippen molar-refractivity contribution in [2.45, 2.75) is 110 Å². The van der Waals surface area contributed by atoms with Crippen molar-refractivity contribution in [1.82, 2.24) is 0 Å². The van der Waals surface area contributed by atoms with Crippen LogP contribution in [0.5, 0.6) is 0 Å². The van der Waals surface area contributed by atoms with Crippen LogP contribution in [0.15, 0.2) is 5.16 Å². The molecule has 0 spiro atoms. The molecule has 0 amide bonds. The lowest BCUT2D eigenvalue weighted by atomic mass is 9.44. The van der Waals surface area contributed by atoms with Gasteiger partial charge in [0.25, 0.3) is 0 Å². The quantitative estimate of drug-likeness (QED) is 0.334. The van der Waals surface area contributed by atoms with Crippen LogP contribution in [0.3, 0.4) is 0 Å². The van der Waals surface area contributed by atoms with Gasteiger partial charge in [-0.1, -0.05) is 19.0 Å². The number of fused-ring (bicyclic) bond motifs is 5. The van der Waals surface area contributed by atoms with Gasteiger partial charge < -0.3 is 14.4 Å². The van der Waals surface area contributed by atoms with Gasteiger partial charge in [-0.3, -0.25) is 0 Å². The number of hydrogen-bond donors (Lipinski definition) is 1. The third kappa shape index (κ3) is 3.33. The zero-order chi connectivity index (χ0) is 21.9. The van der Waals surface area contributed by atoms with Crippen LogP contribution in [-0.2, 0) is 9.26 Å². The van der Waals surface area contributed by atoms with Crippen molar-refractivity contribution >= 4 is 14.0 Å². The predicted molar refractivity (Wildman–Crippen MR) is 125 cm³/mol. The van der Waals surface area contributed by atoms with Crippen LogP contribution in [0.4, 0.5) is 0 Å². The van der Waals surface area contributed by atoms with Crippen LogP contribution >= 0.6 is 0 Å². The van der Waals surface area contributed by atoms with E-state index in [1.807, 2.05) is 0 Å². The van der Waals surface area contributed by atoms with E-state index >= 15 is 0 Å². The summed E-state index contributed by atoms with van der Waals surface area (Å²) in [5.41, 5.74) is 1.34. The fourth-order valence-electron chi connectivity index (χ4n) is 8.80. The molecule has 4 aliphatic rings. The molecule has 1 N–H and O–H groups in total. The number of rotatable bonds is 4. The monoisotopic (exact) mass is 435 g/mol. The lowest BCUT2D eigenvalue weighted by Crippen LogP contribution is -2.61. The second-order valence-corrected chi connectivity index (χ2v) is 16.9. The summed E-state index contributed by atoms with van der Waals surface area (Å²) < 4.78 is 7.09. The van der Waals surface area contributed by atoms with Crippen LogP contribution in [0, 0.1) is 34.5 Å². The number of hydrogen-bond acceptors (Lipinski definition) is 4. The van der Waals surface area contributed by atoms with Crippen LogP contribution in [0.2, 0.25) is 19.6 Å². The summed E-state index contributed by atoms with van der Waals surface area (Å²) in [7, 11) is -0.104. The van der Waals surface area contributed by atoms with Gasteiger partial charge in [-0.2, -0.15) is 0 Å². The fraction of sp³-hybridized carbons (Fsp3) is 0.960. The summed E-state index contributed by atoms with van der Waals surface area (Å²) in [5.74, 6) is 3.03. The van der Waals surface area contributed by atoms with Crippen LogP contribution in [0.25, 0.3) is 0 Å². The molecule has 0 heterocycles. The summed E-state index contributed by atoms with van der Waals surface area (Å²) in [6, 6.07) is 0. The Balaban J connectivity index is 1.68. The Morgan fingerprint density at radius 2 is 1.67 bits per heavy atom. The Kier molecular flexibility index (Phi) is 5.76. The molecule has 5 heteroatoms. The summed E-state index contributed by atoms with van der Waals surface area (Å²) in [6.07, 6.45) is 10.7. The lowest BCUT2D eigenvalue weighted by molar-refractivity contribution is -0.140. The molecular formula is C25H45NO3Si. The molecule has 4 rings (SSSR count). The van der Waals surface area contributed by atoms with Crippen molar-refractivity contribution in [3.05, 3.63) is 0 Å². The highest BCUT2D eigenvalue weighted by Gasteiger charge is 2.67. The minimum Gasteiger partial charge on any atom is -0.406 e. The Bertz CT molecular complexity index is 690. The predicted octanol–water partition coefficient (Wildman–Crippen LogP) is 6.00. The largest absolute Gasteiger partial charge is 0.406 e. The third-order valence-corrected chi connectivity index (χ3v) is 11.0. The van der Waals surface area contributed by atoms with Crippen molar-refractivity contribution in [3.8, 4) is 0 Å². The average molecular weight is 436 g/mol. The van der Waals surface area contributed by atoms with E-state index in [1.165, 1.54) is 38.5 Å². The number of aliphatic hydroxyl groups excluding tert-OH is 1. The van der Waals surface area contributed by atoms with Gasteiger partial charge in [0.1, 0.15) is 12.7 Å². The Morgan fingerprint density at radius 3 is 2.33 bits per heavy atom. The van der Waals surface area contributed by atoms with Gasteiger partial charge in [0.05, 0.1) is 11.8 Å². The number of aliphatic hydroxyl groups is 1. The molecule has 0 saturated heterocycles. The first kappa shape index (κ1) is 22.8. The maximum absolute atomic E-state index is 10.3. The molecule has 4 saturated carbocycles. The fourth-order valence-corrected chi connectivity index (χ4v) is 10.3. The molecule has 0 bridgehead atoms. The highest BCUT2D eigenvalue weighted by atomic mass is 28.4. The van der Waals surface area contributed by atoms with Crippen LogP contribution in [0.1, 0.15) is 78.6 Å². The minimum absolute atomic E-state index is 0.0642. The van der Waals surface area contributed by atoms with E-state index in [9.17, 15) is 5.11 Å². The van der Waals surface area contributed by atoms with Gasteiger partial charge >= 0.3 is 0 Å². The second kappa shape index (κ2) is 7.59. The Morgan fingerprint density at radius 1 is 0.967 bits per heavy atom. The minimum atomic E-state index is -1.77. The summed E-state index contributed by atoms with van der Waals surface area (Å²) in [4.78, 5) is 5.28. The van der Waals surface area contributed by atoms with E-state index < -0.39 is 8.32 Å². The highest BCUT2D eigenvalue weighted by molar-refractivity contribution is 6.70. The van der Waals surface area contributed by atoms with Gasteiger partial charge in [-0.15, -0.1) is 0 Å². The molecule has 0 aromatic rings. The third-order valence-electron chi connectivity index (χ3n) is 10.1. The smallest absolute Gasteiger partial charge is 0.185 e. The maximum Gasteiger partial charge on any atom is 0.185 e. The van der Waals surface area contributed by atoms with Gasteiger partial charge in [0.2, 0.25) is 0 Å². The van der Waals surface area contributed by atoms with Gasteiger partial charge in [-0.25, -0.2) is 0 Å². The van der Waals surface area contributed by atoms with Crippen LogP contribution in [-0.4, -0.2) is 38.0 Å². The van der Waals surface area contributed by atoms with Gasteiger partial charge in [-0.05, 0) is 113 Å². The summed E-state index contributed by atoms with van der Waals surface area (Å²) >= 11 is 0. The second-order valence-electron chi connectivity index (χ2n) is 12.5. The molecule has 0 aromatic heterocycles. The first-order valence-corrected chi connectivity index (χ1v) is 15.8. The standard InChI is InChI=1S/C25H45NO3Si/c1-17(26-28-4)25(29-30(5,6)7)15-12-22-20-9-8-18-16-19(27)10-13-23(18,2)21(20)11-14-24(22,25)3/h18-22,27H,8-16H2,1-7H3/b26-17+. The van der Waals surface area contributed by atoms with Crippen molar-refractivity contribution in [2.75, 3.05) is 7.11 Å². The molecule has 8 unspecified atom stereocenters. The molecule has 172 valence electrons. The number of oxime groups is 1. The zero-order valence-corrected chi connectivity index (χ0v) is 21.5. The van der Waals surface area contributed by atoms with Crippen molar-refractivity contribution < 1.29 is 14.4 Å². The topological polar surface area (TPSA) is 51.0 Å². The van der Waals surface area contributed by atoms with Crippen molar-refractivity contribution in [3.63, 3.8) is 0 Å². The molecule has 0 radical (unpaired) electrons. The average Bonchev–Trinajstić information content (AvgIpc) is 2.94. The van der Waals surface area contributed by atoms with Crippen LogP contribution < -0.4 is 0 Å². The molecule has 4 fully saturated rings. The van der Waals surface area contributed by atoms with E-state index in [2.05, 4.69) is 45.6 Å². The normalized spacial score (nSPS) is 49.2. The molecule has 30 heavy (non-hydrogen) atoms. The lowest BCUT2D eigenvalue weighted by Gasteiger charge is -2.62. The highest BCUT2D eigenvalue weighted by Crippen LogP contribution is 2.69. The maximum atomic E-state index is 10.3. The molecule has 8 atom stereocenters. The molecule has 4 aliphatic carbocycles. The summed E-state index contributed by atoms with van der Waals surface area (Å²) in [5, 5.41) is 14.8. The molecule has 0 aromatic carbocycles. The zero-order valence-electron chi connectivity index (χ0n) is 20.5. The van der Waals surface area contributed by atoms with E-state index in [0.717, 1.165) is 36.8 Å². The van der Waals surface area contributed by atoms with Crippen molar-refractivity contribution in [2.24, 2.45) is 39.7 Å². The van der Waals surface area contributed by atoms with E-state index in [1.54, 1.807) is 7.11 Å². The van der Waals surface area contributed by atoms with E-state index in [4.69, 9.17) is 9.26 Å². The van der Waals surface area contributed by atoms with E-state index in [0.29, 0.717) is 17.3 Å². The van der Waals surface area contributed by atoms with Gasteiger partial charge in [0, 0.05) is 5.41 Å². The van der Waals surface area contributed by atoms with E-state index in [-0.39, 0.29) is 17.1 Å². The Labute approximate surface area is 185 Å².